The van der Waals surface area contributed by atoms with Crippen molar-refractivity contribution in [2.75, 3.05) is 5.32 Å². The van der Waals surface area contributed by atoms with Gasteiger partial charge in [0.05, 0.1) is 22.0 Å². The van der Waals surface area contributed by atoms with E-state index in [9.17, 15) is 14.9 Å². The Morgan fingerprint density at radius 2 is 1.93 bits per heavy atom. The lowest BCUT2D eigenvalue weighted by Crippen LogP contribution is -2.11. The van der Waals surface area contributed by atoms with Gasteiger partial charge in [0.2, 0.25) is 5.95 Å². The van der Waals surface area contributed by atoms with Crippen LogP contribution < -0.4 is 5.32 Å². The van der Waals surface area contributed by atoms with Gasteiger partial charge in [0, 0.05) is 30.6 Å². The molecule has 9 nitrogen and oxygen atoms in total. The predicted molar refractivity (Wildman–Crippen MR) is 112 cm³/mol. The number of carbonyl (C=O) groups excluding carboxylic acids is 1. The van der Waals surface area contributed by atoms with Crippen molar-refractivity contribution in [3.05, 3.63) is 88.4 Å². The molecular weight excluding hydrogens is 384 g/mol. The van der Waals surface area contributed by atoms with Crippen LogP contribution in [0.4, 0.5) is 11.6 Å². The molecule has 0 spiro atoms. The van der Waals surface area contributed by atoms with Crippen LogP contribution in [0, 0.1) is 17.0 Å². The number of rotatable bonds is 5. The van der Waals surface area contributed by atoms with Crippen molar-refractivity contribution in [3.8, 4) is 11.4 Å². The number of hydrogen-bond donors (Lipinski definition) is 1. The Morgan fingerprint density at radius 1 is 1.13 bits per heavy atom. The van der Waals surface area contributed by atoms with Crippen molar-refractivity contribution in [1.29, 1.82) is 0 Å². The van der Waals surface area contributed by atoms with Gasteiger partial charge in [0.15, 0.2) is 0 Å². The standard InChI is InChI=1S/C21H16N6O3/c1-14-20(26-13-3-2-4-18(26)23-14)17-11-12-22-21(24-17)25-19(28)10-7-15-5-8-16(9-6-15)27(29)30/h2-13H,1H3,(H,22,24,25,28)/b10-7+. The van der Waals surface area contributed by atoms with Crippen molar-refractivity contribution in [2.45, 2.75) is 6.92 Å². The van der Waals surface area contributed by atoms with Gasteiger partial charge >= 0.3 is 0 Å². The lowest BCUT2D eigenvalue weighted by atomic mass is 10.2. The second-order valence-electron chi connectivity index (χ2n) is 6.41. The van der Waals surface area contributed by atoms with E-state index in [1.807, 2.05) is 35.7 Å². The average molecular weight is 400 g/mol. The lowest BCUT2D eigenvalue weighted by molar-refractivity contribution is -0.384. The summed E-state index contributed by atoms with van der Waals surface area (Å²) in [6, 6.07) is 13.4. The minimum absolute atomic E-state index is 0.00972. The molecule has 0 atom stereocenters. The average Bonchev–Trinajstić information content (AvgIpc) is 3.08. The van der Waals surface area contributed by atoms with Crippen LogP contribution in [0.25, 0.3) is 23.1 Å². The van der Waals surface area contributed by atoms with Crippen molar-refractivity contribution in [2.24, 2.45) is 0 Å². The largest absolute Gasteiger partial charge is 0.298 e. The van der Waals surface area contributed by atoms with E-state index in [2.05, 4.69) is 20.3 Å². The highest BCUT2D eigenvalue weighted by atomic mass is 16.6. The predicted octanol–water partition coefficient (Wildman–Crippen LogP) is 3.66. The van der Waals surface area contributed by atoms with Crippen LogP contribution in [-0.4, -0.2) is 30.2 Å². The van der Waals surface area contributed by atoms with E-state index in [4.69, 9.17) is 0 Å². The molecule has 9 heteroatoms. The van der Waals surface area contributed by atoms with Gasteiger partial charge in [0.25, 0.3) is 11.6 Å². The fourth-order valence-corrected chi connectivity index (χ4v) is 3.00. The second kappa shape index (κ2) is 7.92. The van der Waals surface area contributed by atoms with Crippen LogP contribution in [0.1, 0.15) is 11.3 Å². The SMILES string of the molecule is Cc1nc2ccccn2c1-c1ccnc(NC(=O)/C=C/c2ccc([N+](=O)[O-])cc2)n1. The summed E-state index contributed by atoms with van der Waals surface area (Å²) in [5, 5.41) is 13.3. The summed E-state index contributed by atoms with van der Waals surface area (Å²) in [6.45, 7) is 1.90. The summed E-state index contributed by atoms with van der Waals surface area (Å²) >= 11 is 0. The number of nitrogens with one attached hydrogen (secondary N) is 1. The summed E-state index contributed by atoms with van der Waals surface area (Å²) in [5.74, 6) is -0.253. The van der Waals surface area contributed by atoms with Crippen molar-refractivity contribution in [1.82, 2.24) is 19.4 Å². The molecule has 3 heterocycles. The number of anilines is 1. The summed E-state index contributed by atoms with van der Waals surface area (Å²) in [7, 11) is 0. The Balaban J connectivity index is 1.52. The fraction of sp³-hybridized carbons (Fsp3) is 0.0476. The summed E-state index contributed by atoms with van der Waals surface area (Å²) in [6.07, 6.45) is 6.34. The minimum Gasteiger partial charge on any atom is -0.298 e. The molecule has 0 fully saturated rings. The molecule has 148 valence electrons. The molecule has 0 aliphatic heterocycles. The number of amides is 1. The van der Waals surface area contributed by atoms with Gasteiger partial charge in [-0.3, -0.25) is 24.6 Å². The van der Waals surface area contributed by atoms with Gasteiger partial charge < -0.3 is 0 Å². The molecule has 1 N–H and O–H groups in total. The number of imidazole rings is 1. The number of carbonyl (C=O) groups is 1. The van der Waals surface area contributed by atoms with E-state index < -0.39 is 10.8 Å². The monoisotopic (exact) mass is 400 g/mol. The Labute approximate surface area is 170 Å². The maximum absolute atomic E-state index is 12.2. The number of pyridine rings is 1. The summed E-state index contributed by atoms with van der Waals surface area (Å²) in [5.41, 5.74) is 3.73. The number of fused-ring (bicyclic) bond motifs is 1. The normalized spacial score (nSPS) is 11.1. The van der Waals surface area contributed by atoms with Gasteiger partial charge in [-0.2, -0.15) is 0 Å². The van der Waals surface area contributed by atoms with Gasteiger partial charge in [0.1, 0.15) is 5.65 Å². The van der Waals surface area contributed by atoms with E-state index in [0.29, 0.717) is 11.3 Å². The van der Waals surface area contributed by atoms with Crippen molar-refractivity contribution in [3.63, 3.8) is 0 Å². The molecule has 1 aromatic carbocycles. The number of nitro groups is 1. The molecule has 4 aromatic rings. The zero-order chi connectivity index (χ0) is 21.1. The fourth-order valence-electron chi connectivity index (χ4n) is 3.00. The first-order valence-electron chi connectivity index (χ1n) is 9.02. The van der Waals surface area contributed by atoms with Crippen molar-refractivity contribution >= 4 is 29.3 Å². The number of nitro benzene ring substituents is 1. The molecule has 30 heavy (non-hydrogen) atoms. The maximum Gasteiger partial charge on any atom is 0.269 e. The molecule has 0 saturated heterocycles. The number of aryl methyl sites for hydroxylation is 1. The number of hydrogen-bond acceptors (Lipinski definition) is 6. The molecule has 0 radical (unpaired) electrons. The third kappa shape index (κ3) is 3.90. The summed E-state index contributed by atoms with van der Waals surface area (Å²) < 4.78 is 1.93. The molecular formula is C21H16N6O3. The first-order chi connectivity index (χ1) is 14.5. The van der Waals surface area contributed by atoms with Crippen LogP contribution in [0.3, 0.4) is 0 Å². The number of nitrogens with zero attached hydrogens (tertiary/aromatic N) is 5. The maximum atomic E-state index is 12.2. The van der Waals surface area contributed by atoms with Crippen LogP contribution >= 0.6 is 0 Å². The first kappa shape index (κ1) is 18.9. The molecule has 4 rings (SSSR count). The van der Waals surface area contributed by atoms with Crippen LogP contribution in [0.15, 0.2) is 67.0 Å². The molecule has 0 aliphatic rings. The van der Waals surface area contributed by atoms with Crippen LogP contribution in [0.2, 0.25) is 0 Å². The Bertz CT molecular complexity index is 1280. The van der Waals surface area contributed by atoms with Crippen molar-refractivity contribution < 1.29 is 9.72 Å². The molecule has 0 bridgehead atoms. The Morgan fingerprint density at radius 3 is 2.70 bits per heavy atom. The topological polar surface area (TPSA) is 115 Å². The number of non-ortho nitro benzene ring substituents is 1. The number of aromatic nitrogens is 4. The lowest BCUT2D eigenvalue weighted by Gasteiger charge is -2.05. The van der Waals surface area contributed by atoms with Gasteiger partial charge in [-0.1, -0.05) is 6.07 Å². The van der Waals surface area contributed by atoms with Gasteiger partial charge in [-0.25, -0.2) is 15.0 Å². The minimum atomic E-state index is -0.476. The van der Waals surface area contributed by atoms with Gasteiger partial charge in [-0.15, -0.1) is 0 Å². The van der Waals surface area contributed by atoms with E-state index in [1.54, 1.807) is 30.5 Å². The molecule has 3 aromatic heterocycles. The van der Waals surface area contributed by atoms with E-state index in [1.165, 1.54) is 18.2 Å². The highest BCUT2D eigenvalue weighted by Crippen LogP contribution is 2.23. The number of benzene rings is 1. The molecule has 1 amide bonds. The molecule has 0 unspecified atom stereocenters. The first-order valence-corrected chi connectivity index (χ1v) is 9.02. The zero-order valence-corrected chi connectivity index (χ0v) is 15.9. The van der Waals surface area contributed by atoms with E-state index in [0.717, 1.165) is 17.0 Å². The van der Waals surface area contributed by atoms with Gasteiger partial charge in [-0.05, 0) is 48.9 Å². The second-order valence-corrected chi connectivity index (χ2v) is 6.41. The highest BCUT2D eigenvalue weighted by molar-refractivity contribution is 6.01. The third-order valence-electron chi connectivity index (χ3n) is 4.37. The highest BCUT2D eigenvalue weighted by Gasteiger charge is 2.13. The van der Waals surface area contributed by atoms with Crippen LogP contribution in [0.5, 0.6) is 0 Å². The Kier molecular flexibility index (Phi) is 5.00. The molecule has 0 aliphatic carbocycles. The quantitative estimate of drug-likeness (QED) is 0.310. The van der Waals surface area contributed by atoms with E-state index in [-0.39, 0.29) is 11.6 Å². The third-order valence-corrected chi connectivity index (χ3v) is 4.37. The smallest absolute Gasteiger partial charge is 0.269 e. The van der Waals surface area contributed by atoms with E-state index >= 15 is 0 Å². The zero-order valence-electron chi connectivity index (χ0n) is 15.9. The Hall–Kier alpha value is -4.40. The van der Waals surface area contributed by atoms with Crippen LogP contribution in [-0.2, 0) is 4.79 Å². The summed E-state index contributed by atoms with van der Waals surface area (Å²) in [4.78, 5) is 35.5. The molecule has 0 saturated carbocycles.